The van der Waals surface area contributed by atoms with Crippen LogP contribution in [0.25, 0.3) is 0 Å². The first-order valence-corrected chi connectivity index (χ1v) is 11.9. The maximum absolute atomic E-state index is 13.6. The summed E-state index contributed by atoms with van der Waals surface area (Å²) in [5.41, 5.74) is 3.34. The number of rotatable bonds is 4. The number of carbonyl (C=O) groups is 2. The van der Waals surface area contributed by atoms with E-state index in [0.29, 0.717) is 31.0 Å². The van der Waals surface area contributed by atoms with E-state index in [0.717, 1.165) is 35.5 Å². The van der Waals surface area contributed by atoms with Crippen molar-refractivity contribution in [2.45, 2.75) is 44.6 Å². The third kappa shape index (κ3) is 4.73. The Kier molecular flexibility index (Phi) is 5.96. The number of likely N-dealkylation sites (tertiary alicyclic amines) is 1. The standard InChI is InChI=1S/C27H28FN5O2/c1-17-13-18(2)30-26(29-17)31-22-6-3-5-20(14-22)25(35)33-15-23(19-8-10-21(28)11-9-19)27(16-33)12-4-7-24(34)32-27/h3,5-6,8-11,13-14,23H,4,7,12,15-16H2,1-2H3,(H,32,34)(H,29,30,31)/t23-,27+/m0/s1. The van der Waals surface area contributed by atoms with Crippen LogP contribution in [0.5, 0.6) is 0 Å². The predicted octanol–water partition coefficient (Wildman–Crippen LogP) is 4.25. The maximum Gasteiger partial charge on any atom is 0.254 e. The molecule has 1 aromatic heterocycles. The lowest BCUT2D eigenvalue weighted by Crippen LogP contribution is -2.56. The summed E-state index contributed by atoms with van der Waals surface area (Å²) in [6.07, 6.45) is 2.02. The van der Waals surface area contributed by atoms with Gasteiger partial charge in [-0.2, -0.15) is 0 Å². The minimum Gasteiger partial charge on any atom is -0.348 e. The van der Waals surface area contributed by atoms with Crippen LogP contribution in [-0.2, 0) is 4.79 Å². The molecule has 2 amide bonds. The second-order valence-corrected chi connectivity index (χ2v) is 9.53. The van der Waals surface area contributed by atoms with Gasteiger partial charge in [-0.25, -0.2) is 14.4 Å². The molecule has 0 bridgehead atoms. The SMILES string of the molecule is Cc1cc(C)nc(Nc2cccc(C(=O)N3C[C@@H](c4ccc(F)cc4)[C@@]4(CCCC(=O)N4)C3)c2)n1. The number of nitrogens with zero attached hydrogens (tertiary/aromatic N) is 3. The normalized spacial score (nSPS) is 21.7. The molecular formula is C27H28FN5O2. The summed E-state index contributed by atoms with van der Waals surface area (Å²) in [4.78, 5) is 36.6. The molecule has 2 aliphatic heterocycles. The van der Waals surface area contributed by atoms with E-state index in [1.165, 1.54) is 12.1 Å². The third-order valence-corrected chi connectivity index (χ3v) is 6.87. The van der Waals surface area contributed by atoms with Crippen LogP contribution in [0.2, 0.25) is 0 Å². The molecule has 3 heterocycles. The molecule has 35 heavy (non-hydrogen) atoms. The molecule has 3 aromatic rings. The summed E-state index contributed by atoms with van der Waals surface area (Å²) in [7, 11) is 0. The molecule has 2 saturated heterocycles. The van der Waals surface area contributed by atoms with Gasteiger partial charge in [-0.05, 0) is 68.7 Å². The zero-order valence-corrected chi connectivity index (χ0v) is 19.8. The van der Waals surface area contributed by atoms with Gasteiger partial charge in [-0.1, -0.05) is 18.2 Å². The van der Waals surface area contributed by atoms with Crippen LogP contribution in [0.4, 0.5) is 16.0 Å². The smallest absolute Gasteiger partial charge is 0.254 e. The Morgan fingerprint density at radius 2 is 1.86 bits per heavy atom. The van der Waals surface area contributed by atoms with Crippen molar-refractivity contribution in [3.8, 4) is 0 Å². The first kappa shape index (κ1) is 23.0. The van der Waals surface area contributed by atoms with E-state index in [1.807, 2.05) is 32.0 Å². The van der Waals surface area contributed by atoms with Crippen LogP contribution in [-0.4, -0.2) is 45.3 Å². The number of aryl methyl sites for hydroxylation is 2. The molecule has 2 aromatic carbocycles. The molecule has 0 aliphatic carbocycles. The highest BCUT2D eigenvalue weighted by Gasteiger charge is 2.50. The lowest BCUT2D eigenvalue weighted by atomic mass is 9.76. The van der Waals surface area contributed by atoms with Gasteiger partial charge in [0.15, 0.2) is 0 Å². The van der Waals surface area contributed by atoms with Crippen molar-refractivity contribution in [2.24, 2.45) is 0 Å². The van der Waals surface area contributed by atoms with Gasteiger partial charge in [0.1, 0.15) is 5.82 Å². The zero-order valence-electron chi connectivity index (χ0n) is 19.8. The lowest BCUT2D eigenvalue weighted by Gasteiger charge is -2.39. The molecule has 5 rings (SSSR count). The Morgan fingerprint density at radius 1 is 1.11 bits per heavy atom. The fraction of sp³-hybridized carbons (Fsp3) is 0.333. The highest BCUT2D eigenvalue weighted by atomic mass is 19.1. The highest BCUT2D eigenvalue weighted by molar-refractivity contribution is 5.96. The van der Waals surface area contributed by atoms with Crippen LogP contribution in [0, 0.1) is 19.7 Å². The molecule has 1 spiro atoms. The van der Waals surface area contributed by atoms with Gasteiger partial charge < -0.3 is 15.5 Å². The van der Waals surface area contributed by atoms with Crippen LogP contribution in [0.1, 0.15) is 52.5 Å². The van der Waals surface area contributed by atoms with Crippen LogP contribution in [0.15, 0.2) is 54.6 Å². The topological polar surface area (TPSA) is 87.2 Å². The van der Waals surface area contributed by atoms with Gasteiger partial charge >= 0.3 is 0 Å². The first-order valence-electron chi connectivity index (χ1n) is 11.9. The average molecular weight is 474 g/mol. The summed E-state index contributed by atoms with van der Waals surface area (Å²) < 4.78 is 13.6. The molecule has 0 unspecified atom stereocenters. The van der Waals surface area contributed by atoms with Crippen LogP contribution in [0.3, 0.4) is 0 Å². The summed E-state index contributed by atoms with van der Waals surface area (Å²) in [5, 5.41) is 6.38. The number of carbonyl (C=O) groups excluding carboxylic acids is 2. The Labute approximate surface area is 203 Å². The van der Waals surface area contributed by atoms with Crippen molar-refractivity contribution in [3.63, 3.8) is 0 Å². The van der Waals surface area contributed by atoms with Crippen LogP contribution < -0.4 is 10.6 Å². The lowest BCUT2D eigenvalue weighted by molar-refractivity contribution is -0.125. The minimum absolute atomic E-state index is 0.00249. The third-order valence-electron chi connectivity index (χ3n) is 6.87. The van der Waals surface area contributed by atoms with Crippen molar-refractivity contribution in [2.75, 3.05) is 18.4 Å². The van der Waals surface area contributed by atoms with Gasteiger partial charge in [-0.15, -0.1) is 0 Å². The highest BCUT2D eigenvalue weighted by Crippen LogP contribution is 2.42. The molecular weight excluding hydrogens is 445 g/mol. The van der Waals surface area contributed by atoms with E-state index in [9.17, 15) is 14.0 Å². The largest absolute Gasteiger partial charge is 0.348 e. The van der Waals surface area contributed by atoms with Gasteiger partial charge in [0, 0.05) is 48.1 Å². The Morgan fingerprint density at radius 3 is 2.57 bits per heavy atom. The number of benzene rings is 2. The first-order chi connectivity index (χ1) is 16.8. The second kappa shape index (κ2) is 9.09. The van der Waals surface area contributed by atoms with Gasteiger partial charge in [0.05, 0.1) is 5.54 Å². The Balaban J connectivity index is 1.40. The van der Waals surface area contributed by atoms with E-state index >= 15 is 0 Å². The number of hydrogen-bond donors (Lipinski definition) is 2. The van der Waals surface area contributed by atoms with Crippen molar-refractivity contribution in [1.29, 1.82) is 0 Å². The summed E-state index contributed by atoms with van der Waals surface area (Å²) >= 11 is 0. The fourth-order valence-electron chi connectivity index (χ4n) is 5.36. The summed E-state index contributed by atoms with van der Waals surface area (Å²) in [6.45, 7) is 4.68. The molecule has 2 aliphatic rings. The fourth-order valence-corrected chi connectivity index (χ4v) is 5.36. The molecule has 2 atom stereocenters. The van der Waals surface area contributed by atoms with E-state index < -0.39 is 5.54 Å². The van der Waals surface area contributed by atoms with E-state index in [2.05, 4.69) is 20.6 Å². The van der Waals surface area contributed by atoms with Crippen molar-refractivity contribution >= 4 is 23.5 Å². The molecule has 0 radical (unpaired) electrons. The monoisotopic (exact) mass is 473 g/mol. The average Bonchev–Trinajstić information content (AvgIpc) is 3.16. The Hall–Kier alpha value is -3.81. The maximum atomic E-state index is 13.6. The molecule has 8 heteroatoms. The molecule has 7 nitrogen and oxygen atoms in total. The minimum atomic E-state index is -0.550. The number of nitrogens with one attached hydrogen (secondary N) is 2. The van der Waals surface area contributed by atoms with Crippen LogP contribution >= 0.6 is 0 Å². The van der Waals surface area contributed by atoms with Gasteiger partial charge in [-0.3, -0.25) is 9.59 Å². The summed E-state index contributed by atoms with van der Waals surface area (Å²) in [5.74, 6) is -0.0515. The van der Waals surface area contributed by atoms with E-state index in [-0.39, 0.29) is 23.5 Å². The molecule has 2 fully saturated rings. The number of anilines is 2. The Bertz CT molecular complexity index is 1260. The van der Waals surface area contributed by atoms with Crippen molar-refractivity contribution in [1.82, 2.24) is 20.2 Å². The van der Waals surface area contributed by atoms with Gasteiger partial charge in [0.2, 0.25) is 11.9 Å². The molecule has 0 saturated carbocycles. The van der Waals surface area contributed by atoms with E-state index in [1.54, 1.807) is 29.2 Å². The number of piperidine rings is 1. The van der Waals surface area contributed by atoms with E-state index in [4.69, 9.17) is 0 Å². The predicted molar refractivity (Wildman–Crippen MR) is 131 cm³/mol. The molecule has 2 N–H and O–H groups in total. The number of hydrogen-bond acceptors (Lipinski definition) is 5. The van der Waals surface area contributed by atoms with Crippen molar-refractivity contribution in [3.05, 3.63) is 82.9 Å². The number of halogens is 1. The summed E-state index contributed by atoms with van der Waals surface area (Å²) in [6, 6.07) is 15.5. The number of aromatic nitrogens is 2. The quantitative estimate of drug-likeness (QED) is 0.592. The van der Waals surface area contributed by atoms with Crippen molar-refractivity contribution < 1.29 is 14.0 Å². The van der Waals surface area contributed by atoms with Gasteiger partial charge in [0.25, 0.3) is 5.91 Å². The molecule has 180 valence electrons. The number of amides is 2. The second-order valence-electron chi connectivity index (χ2n) is 9.53. The zero-order chi connectivity index (χ0) is 24.6.